The minimum Gasteiger partial charge on any atom is -0.459 e. The van der Waals surface area contributed by atoms with Gasteiger partial charge in [0.1, 0.15) is 31.0 Å². The molecule has 0 aliphatic carbocycles. The van der Waals surface area contributed by atoms with Gasteiger partial charge in [0.05, 0.1) is 12.2 Å². The minimum absolute atomic E-state index is 0.334. The number of carbonyl (C=O) groups excluding carboxylic acids is 1. The molecule has 0 heterocycles. The number of esters is 1. The predicted molar refractivity (Wildman–Crippen MR) is 183 cm³/mol. The van der Waals surface area contributed by atoms with E-state index in [0.717, 1.165) is 18.4 Å². The number of hydrogen-bond acceptors (Lipinski definition) is 7. The lowest BCUT2D eigenvalue weighted by Crippen LogP contribution is -2.47. The lowest BCUT2D eigenvalue weighted by atomic mass is 10.0. The number of benzene rings is 1. The fourth-order valence-corrected chi connectivity index (χ4v) is 5.83. The summed E-state index contributed by atoms with van der Waals surface area (Å²) in [5, 5.41) is 47.6. The summed E-state index contributed by atoms with van der Waals surface area (Å²) in [6.07, 6.45) is 26.0. The average molecular weight is 637 g/mol. The molecule has 5 N–H and O–H groups in total. The summed E-state index contributed by atoms with van der Waals surface area (Å²) < 4.78 is 5.02. The van der Waals surface area contributed by atoms with E-state index < -0.39 is 43.6 Å². The Morgan fingerprint density at radius 1 is 0.556 bits per heavy atom. The molecule has 262 valence electrons. The Morgan fingerprint density at radius 2 is 0.911 bits per heavy atom. The first kappa shape index (κ1) is 41.5. The van der Waals surface area contributed by atoms with E-state index in [1.807, 2.05) is 12.1 Å². The van der Waals surface area contributed by atoms with Crippen molar-refractivity contribution >= 4 is 5.97 Å². The van der Waals surface area contributed by atoms with E-state index in [-0.39, 0.29) is 0 Å². The van der Waals surface area contributed by atoms with E-state index >= 15 is 0 Å². The van der Waals surface area contributed by atoms with Gasteiger partial charge in [-0.05, 0) is 30.5 Å². The maximum Gasteiger partial charge on any atom is 0.338 e. The molecule has 0 radical (unpaired) electrons. The molecule has 0 saturated heterocycles. The van der Waals surface area contributed by atoms with Crippen LogP contribution < -0.4 is 0 Å². The first-order valence-corrected chi connectivity index (χ1v) is 18.5. The van der Waals surface area contributed by atoms with Crippen LogP contribution in [0, 0.1) is 0 Å². The zero-order chi connectivity index (χ0) is 33.0. The lowest BCUT2D eigenvalue weighted by Gasteiger charge is -2.25. The normalized spacial score (nSPS) is 14.3. The van der Waals surface area contributed by atoms with E-state index in [2.05, 4.69) is 6.92 Å². The third-order valence-electron chi connectivity index (χ3n) is 8.97. The molecule has 1 aromatic carbocycles. The molecule has 0 unspecified atom stereocenters. The highest BCUT2D eigenvalue weighted by Crippen LogP contribution is 2.16. The van der Waals surface area contributed by atoms with Gasteiger partial charge in [0.15, 0.2) is 0 Å². The molecule has 0 fully saturated rings. The molecule has 7 nitrogen and oxygen atoms in total. The number of aliphatic hydroxyl groups excluding tert-OH is 5. The molecule has 0 aliphatic heterocycles. The molecule has 0 spiro atoms. The van der Waals surface area contributed by atoms with Crippen molar-refractivity contribution in [2.24, 2.45) is 0 Å². The van der Waals surface area contributed by atoms with Crippen molar-refractivity contribution in [3.63, 3.8) is 0 Å². The van der Waals surface area contributed by atoms with Crippen LogP contribution in [0.3, 0.4) is 0 Å². The number of unbranched alkanes of at least 4 members (excludes halogenated alkanes) is 22. The van der Waals surface area contributed by atoms with Gasteiger partial charge in [-0.3, -0.25) is 0 Å². The number of aliphatic hydroxyl groups is 5. The third-order valence-corrected chi connectivity index (χ3v) is 8.97. The summed E-state index contributed by atoms with van der Waals surface area (Å²) in [5.74, 6) is -0.649. The number of ether oxygens (including phenoxy) is 1. The predicted octanol–water partition coefficient (Wildman–Crippen LogP) is 7.81. The van der Waals surface area contributed by atoms with E-state index in [1.54, 1.807) is 12.1 Å². The van der Waals surface area contributed by atoms with Gasteiger partial charge in [-0.15, -0.1) is 0 Å². The standard InChI is InChI=1S/C38H68O7/c1-2-3-4-5-6-7-8-9-10-11-12-13-14-15-16-17-18-19-20-21-22-23-24-25-32-26-28-33(29-27-32)38(44)45-31-35(41)37(43)36(42)34(40)30-39/h26-29,34-37,39-43H,2-25,30-31H2,1H3/t34-,35+,36+,37+/m0/s1. The third kappa shape index (κ3) is 21.8. The van der Waals surface area contributed by atoms with Gasteiger partial charge >= 0.3 is 5.97 Å². The van der Waals surface area contributed by atoms with Crippen molar-refractivity contribution in [2.75, 3.05) is 13.2 Å². The Balaban J connectivity index is 1.92. The summed E-state index contributed by atoms with van der Waals surface area (Å²) in [6.45, 7) is 0.973. The quantitative estimate of drug-likeness (QED) is 0.0415. The first-order chi connectivity index (χ1) is 21.9. The van der Waals surface area contributed by atoms with Crippen molar-refractivity contribution < 1.29 is 35.1 Å². The van der Waals surface area contributed by atoms with Crippen LogP contribution in [0.25, 0.3) is 0 Å². The average Bonchev–Trinajstić information content (AvgIpc) is 3.06. The fourth-order valence-electron chi connectivity index (χ4n) is 5.83. The summed E-state index contributed by atoms with van der Waals surface area (Å²) in [4.78, 5) is 12.2. The van der Waals surface area contributed by atoms with E-state index in [4.69, 9.17) is 9.84 Å². The van der Waals surface area contributed by atoms with Crippen molar-refractivity contribution in [3.05, 3.63) is 35.4 Å². The highest BCUT2D eigenvalue weighted by atomic mass is 16.5. The molecular formula is C38H68O7. The molecular weight excluding hydrogens is 568 g/mol. The van der Waals surface area contributed by atoms with Gasteiger partial charge in [-0.1, -0.05) is 160 Å². The van der Waals surface area contributed by atoms with Gasteiger partial charge in [-0.2, -0.15) is 0 Å². The first-order valence-electron chi connectivity index (χ1n) is 18.5. The van der Waals surface area contributed by atoms with Crippen LogP contribution in [0.2, 0.25) is 0 Å². The second-order valence-corrected chi connectivity index (χ2v) is 13.1. The Labute approximate surface area is 274 Å². The molecule has 1 rings (SSSR count). The van der Waals surface area contributed by atoms with Crippen LogP contribution in [0.5, 0.6) is 0 Å². The Morgan fingerprint density at radius 3 is 1.29 bits per heavy atom. The summed E-state index contributed by atoms with van der Waals surface area (Å²) in [7, 11) is 0. The van der Waals surface area contributed by atoms with Gasteiger partial charge in [-0.25, -0.2) is 4.79 Å². The smallest absolute Gasteiger partial charge is 0.338 e. The van der Waals surface area contributed by atoms with Crippen LogP contribution in [-0.2, 0) is 11.2 Å². The monoisotopic (exact) mass is 636 g/mol. The highest BCUT2D eigenvalue weighted by Gasteiger charge is 2.30. The SMILES string of the molecule is CCCCCCCCCCCCCCCCCCCCCCCCCc1ccc(C(=O)OC[C@@H](O)[C@@H](O)[C@H](O)[C@@H](O)CO)cc1. The fraction of sp³-hybridized carbons (Fsp3) is 0.816. The Hall–Kier alpha value is -1.51. The number of rotatable bonds is 31. The number of aryl methyl sites for hydroxylation is 1. The van der Waals surface area contributed by atoms with Crippen LogP contribution in [0.4, 0.5) is 0 Å². The second-order valence-electron chi connectivity index (χ2n) is 13.1. The molecule has 0 saturated carbocycles. The second kappa shape index (κ2) is 28.7. The maximum atomic E-state index is 12.2. The molecule has 7 heteroatoms. The van der Waals surface area contributed by atoms with Crippen molar-refractivity contribution in [1.82, 2.24) is 0 Å². The van der Waals surface area contributed by atoms with Gasteiger partial charge in [0.25, 0.3) is 0 Å². The Kier molecular flexibility index (Phi) is 26.5. The zero-order valence-electron chi connectivity index (χ0n) is 28.6. The lowest BCUT2D eigenvalue weighted by molar-refractivity contribution is -0.124. The van der Waals surface area contributed by atoms with Crippen molar-refractivity contribution in [2.45, 2.75) is 185 Å². The van der Waals surface area contributed by atoms with E-state index in [9.17, 15) is 25.2 Å². The van der Waals surface area contributed by atoms with Crippen LogP contribution in [0.15, 0.2) is 24.3 Å². The minimum atomic E-state index is -1.76. The van der Waals surface area contributed by atoms with Crippen LogP contribution in [0.1, 0.15) is 171 Å². The molecule has 0 amide bonds. The topological polar surface area (TPSA) is 127 Å². The van der Waals surface area contributed by atoms with Gasteiger partial charge < -0.3 is 30.3 Å². The molecule has 45 heavy (non-hydrogen) atoms. The largest absolute Gasteiger partial charge is 0.459 e. The molecule has 1 aromatic rings. The van der Waals surface area contributed by atoms with Crippen molar-refractivity contribution in [1.29, 1.82) is 0 Å². The van der Waals surface area contributed by atoms with Crippen molar-refractivity contribution in [3.8, 4) is 0 Å². The number of hydrogen-bond donors (Lipinski definition) is 5. The Bertz CT molecular complexity index is 800. The molecule has 0 aromatic heterocycles. The van der Waals surface area contributed by atoms with Gasteiger partial charge in [0, 0.05) is 0 Å². The van der Waals surface area contributed by atoms with Crippen LogP contribution >= 0.6 is 0 Å². The van der Waals surface area contributed by atoms with Crippen LogP contribution in [-0.4, -0.2) is 69.1 Å². The molecule has 0 aliphatic rings. The summed E-state index contributed by atoms with van der Waals surface area (Å²) in [5.41, 5.74) is 1.49. The number of carbonyl (C=O) groups is 1. The summed E-state index contributed by atoms with van der Waals surface area (Å²) >= 11 is 0. The molecule has 0 bridgehead atoms. The van der Waals surface area contributed by atoms with E-state index in [0.29, 0.717) is 5.56 Å². The maximum absolute atomic E-state index is 12.2. The zero-order valence-corrected chi connectivity index (χ0v) is 28.6. The molecule has 4 atom stereocenters. The summed E-state index contributed by atoms with van der Waals surface area (Å²) in [6, 6.07) is 7.18. The van der Waals surface area contributed by atoms with E-state index in [1.165, 1.54) is 141 Å². The highest BCUT2D eigenvalue weighted by molar-refractivity contribution is 5.89. The van der Waals surface area contributed by atoms with Gasteiger partial charge in [0.2, 0.25) is 0 Å².